The van der Waals surface area contributed by atoms with Gasteiger partial charge in [0, 0.05) is 12.8 Å². The Labute approximate surface area is 92.8 Å². The van der Waals surface area contributed by atoms with E-state index in [1.165, 1.54) is 0 Å². The van der Waals surface area contributed by atoms with Gasteiger partial charge < -0.3 is 41.5 Å². The van der Waals surface area contributed by atoms with Crippen molar-refractivity contribution in [1.29, 1.82) is 0 Å². The van der Waals surface area contributed by atoms with Crippen molar-refractivity contribution in [1.82, 2.24) is 17.2 Å². The van der Waals surface area contributed by atoms with Crippen LogP contribution in [0.2, 0.25) is 0 Å². The summed E-state index contributed by atoms with van der Waals surface area (Å²) in [6, 6.07) is 0. The zero-order valence-electron chi connectivity index (χ0n) is 9.14. The topological polar surface area (TPSA) is 217 Å². The van der Waals surface area contributed by atoms with Gasteiger partial charge in [-0.15, -0.1) is 0 Å². The molecule has 0 bridgehead atoms. The Morgan fingerprint density at radius 2 is 1.50 bits per heavy atom. The van der Waals surface area contributed by atoms with E-state index in [1.807, 2.05) is 0 Å². The van der Waals surface area contributed by atoms with Gasteiger partial charge in [-0.2, -0.15) is 0 Å². The first-order valence-electron chi connectivity index (χ1n) is 3.53. The highest BCUT2D eigenvalue weighted by atomic mass is 31.2. The van der Waals surface area contributed by atoms with Crippen molar-refractivity contribution >= 4 is 15.2 Å². The van der Waals surface area contributed by atoms with E-state index in [-0.39, 0.29) is 18.8 Å². The number of rotatable bonds is 6. The normalized spacial score (nSPS) is 11.9. The Bertz CT molecular complexity index is 238. The standard InChI is InChI=1S/C4H13NO7P2.2H3N/c6-2-1-5(3-13(7,8)9)4-14(10,11)12;;/h6H,1-4H2,(H2,7,8,9)(H2,10,11,12);2*1H3. The van der Waals surface area contributed by atoms with E-state index in [0.717, 1.165) is 0 Å². The Morgan fingerprint density at radius 3 is 1.75 bits per heavy atom. The van der Waals surface area contributed by atoms with Crippen LogP contribution in [0.1, 0.15) is 0 Å². The molecule has 0 heterocycles. The van der Waals surface area contributed by atoms with E-state index in [2.05, 4.69) is 0 Å². The highest BCUT2D eigenvalue weighted by molar-refractivity contribution is 7.51. The third-order valence-electron chi connectivity index (χ3n) is 1.17. The molecule has 0 aromatic rings. The summed E-state index contributed by atoms with van der Waals surface area (Å²) in [6.45, 7) is -0.764. The SMILES string of the molecule is O=P([O-])([O-])CN(CCO)CP(=O)(O)O.[NH4+].[NH4+]. The van der Waals surface area contributed by atoms with Crippen LogP contribution in [0.5, 0.6) is 0 Å². The summed E-state index contributed by atoms with van der Waals surface area (Å²) in [5, 5.41) is 8.44. The molecule has 16 heavy (non-hydrogen) atoms. The van der Waals surface area contributed by atoms with Gasteiger partial charge in [-0.25, -0.2) is 0 Å². The van der Waals surface area contributed by atoms with Gasteiger partial charge in [-0.05, 0) is 0 Å². The molecule has 0 saturated heterocycles. The average molecular weight is 283 g/mol. The molecule has 11 N–H and O–H groups in total. The van der Waals surface area contributed by atoms with Crippen LogP contribution >= 0.6 is 15.2 Å². The van der Waals surface area contributed by atoms with Gasteiger partial charge in [0.25, 0.3) is 0 Å². The van der Waals surface area contributed by atoms with Gasteiger partial charge in [-0.1, -0.05) is 7.60 Å². The Balaban J connectivity index is -0.000000845. The zero-order valence-corrected chi connectivity index (χ0v) is 10.9. The molecule has 0 radical (unpaired) electrons. The minimum Gasteiger partial charge on any atom is -0.810 e. The van der Waals surface area contributed by atoms with E-state index >= 15 is 0 Å². The van der Waals surface area contributed by atoms with Crippen LogP contribution in [-0.4, -0.2) is 45.5 Å². The number of hydrogen-bond donors (Lipinski definition) is 5. The smallest absolute Gasteiger partial charge is 0.339 e. The van der Waals surface area contributed by atoms with Crippen molar-refractivity contribution in [2.45, 2.75) is 0 Å². The first-order chi connectivity index (χ1) is 6.14. The Morgan fingerprint density at radius 1 is 1.06 bits per heavy atom. The summed E-state index contributed by atoms with van der Waals surface area (Å²) in [5.41, 5.74) is 0. The van der Waals surface area contributed by atoms with E-state index in [4.69, 9.17) is 14.9 Å². The minimum atomic E-state index is -4.87. The van der Waals surface area contributed by atoms with Crippen LogP contribution in [0.15, 0.2) is 0 Å². The van der Waals surface area contributed by atoms with Crippen molar-refractivity contribution in [2.75, 3.05) is 25.7 Å². The van der Waals surface area contributed by atoms with Crippen LogP contribution < -0.4 is 22.1 Å². The fourth-order valence-electron chi connectivity index (χ4n) is 0.833. The number of hydrogen-bond acceptors (Lipinski definition) is 6. The predicted molar refractivity (Wildman–Crippen MR) is 55.1 cm³/mol. The molecule has 0 aliphatic carbocycles. The summed E-state index contributed by atoms with van der Waals surface area (Å²) < 4.78 is 20.8. The van der Waals surface area contributed by atoms with Crippen LogP contribution in [0.4, 0.5) is 0 Å². The maximum Gasteiger partial charge on any atom is 0.339 e. The summed E-state index contributed by atoms with van der Waals surface area (Å²) in [5.74, 6) is 0. The van der Waals surface area contributed by atoms with Gasteiger partial charge >= 0.3 is 7.60 Å². The second-order valence-electron chi connectivity index (χ2n) is 2.68. The minimum absolute atomic E-state index is 0. The lowest BCUT2D eigenvalue weighted by Gasteiger charge is -2.35. The molecule has 0 spiro atoms. The van der Waals surface area contributed by atoms with E-state index in [1.54, 1.807) is 0 Å². The number of aliphatic hydroxyl groups is 1. The summed E-state index contributed by atoms with van der Waals surface area (Å²) in [4.78, 5) is 38.3. The van der Waals surface area contributed by atoms with Crippen molar-refractivity contribution in [2.24, 2.45) is 0 Å². The summed E-state index contributed by atoms with van der Waals surface area (Å²) >= 11 is 0. The monoisotopic (exact) mass is 283 g/mol. The molecule has 12 heteroatoms. The van der Waals surface area contributed by atoms with Gasteiger partial charge in [-0.3, -0.25) is 9.46 Å². The second-order valence-corrected chi connectivity index (χ2v) is 5.79. The van der Waals surface area contributed by atoms with Crippen LogP contribution in [-0.2, 0) is 9.13 Å². The fraction of sp³-hybridized carbons (Fsp3) is 1.00. The molecule has 0 aliphatic heterocycles. The average Bonchev–Trinajstić information content (AvgIpc) is 1.78. The third-order valence-corrected chi connectivity index (χ3v) is 2.69. The van der Waals surface area contributed by atoms with Crippen molar-refractivity contribution in [3.8, 4) is 0 Å². The van der Waals surface area contributed by atoms with Crippen LogP contribution in [0, 0.1) is 0 Å². The molecule has 0 rings (SSSR count). The van der Waals surface area contributed by atoms with E-state index in [9.17, 15) is 18.9 Å². The molecule has 0 atom stereocenters. The van der Waals surface area contributed by atoms with E-state index < -0.39 is 34.4 Å². The van der Waals surface area contributed by atoms with Crippen molar-refractivity contribution in [3.05, 3.63) is 0 Å². The third kappa shape index (κ3) is 14.1. The molecule has 0 unspecified atom stereocenters. The number of quaternary nitrogens is 2. The van der Waals surface area contributed by atoms with Gasteiger partial charge in [0.05, 0.1) is 6.61 Å². The van der Waals surface area contributed by atoms with E-state index in [0.29, 0.717) is 4.90 Å². The summed E-state index contributed by atoms with van der Waals surface area (Å²) in [6.07, 6.45) is -1.86. The lowest BCUT2D eigenvalue weighted by molar-refractivity contribution is -0.315. The second kappa shape index (κ2) is 8.26. The number of nitrogens with zero attached hydrogens (tertiary/aromatic N) is 1. The number of aliphatic hydroxyl groups excluding tert-OH is 1. The lowest BCUT2D eigenvalue weighted by Crippen LogP contribution is -2.34. The maximum absolute atomic E-state index is 10.5. The van der Waals surface area contributed by atoms with Crippen LogP contribution in [0.3, 0.4) is 0 Å². The zero-order chi connectivity index (χ0) is 11.4. The first kappa shape index (κ1) is 21.4. The van der Waals surface area contributed by atoms with Gasteiger partial charge in [0.1, 0.15) is 6.29 Å². The predicted octanol–water partition coefficient (Wildman–Crippen LogP) is -1.96. The van der Waals surface area contributed by atoms with Crippen LogP contribution in [0.25, 0.3) is 0 Å². The molecule has 0 aliphatic rings. The van der Waals surface area contributed by atoms with Gasteiger partial charge in [0.15, 0.2) is 0 Å². The molecule has 0 saturated carbocycles. The van der Waals surface area contributed by atoms with Crippen molar-refractivity contribution < 1.29 is 33.8 Å². The lowest BCUT2D eigenvalue weighted by atomic mass is 10.6. The fourth-order valence-corrected chi connectivity index (χ4v) is 2.48. The first-order valence-corrected chi connectivity index (χ1v) is 7.05. The molecule has 10 nitrogen and oxygen atoms in total. The molecule has 0 aromatic carbocycles. The highest BCUT2D eigenvalue weighted by Crippen LogP contribution is 2.37. The Hall–Kier alpha value is 0.140. The molecule has 0 aromatic heterocycles. The van der Waals surface area contributed by atoms with Gasteiger partial charge in [0.2, 0.25) is 0 Å². The summed E-state index contributed by atoms with van der Waals surface area (Å²) in [7, 11) is -9.29. The van der Waals surface area contributed by atoms with Crippen molar-refractivity contribution in [3.63, 3.8) is 0 Å². The maximum atomic E-state index is 10.5. The molecular formula is C4H19N3O7P2. The molecular weight excluding hydrogens is 264 g/mol. The Kier molecular flexibility index (Phi) is 11.1. The highest BCUT2D eigenvalue weighted by Gasteiger charge is 2.19. The molecule has 102 valence electrons. The molecule has 0 amide bonds. The quantitative estimate of drug-likeness (QED) is 0.343. The largest absolute Gasteiger partial charge is 0.810 e. The molecule has 0 fully saturated rings.